The first kappa shape index (κ1) is 46.6. The lowest BCUT2D eigenvalue weighted by Crippen LogP contribution is -2.58. The third-order valence-electron chi connectivity index (χ3n) is 6.23. The first-order valence-electron chi connectivity index (χ1n) is 13.4. The molecule has 0 fully saturated rings. The van der Waals surface area contributed by atoms with E-state index in [9.17, 15) is 53.4 Å². The SMILES string of the molecule is N[C@@H](CCC(=O)N[C@@H](CS)C(=O)O)C(=O)O.N[C@@H](CCC(=O)[C@](N)(CSSC[C@](N)(C(=O)O)C(=O)CC[C@H](N)C(=O)O)C(=O)O)C(=O)O. The standard InChI is InChI=1S/C16H26N4O10S2.C8H14N2O5S/c17-7(11(23)24)1-3-9(21)15(19,13(27)28)5-31-32-6-16(20,14(29)30)10(22)4-2-8(18)12(25)26;9-4(7(12)13)1-2-6(11)10-5(3-16)8(14)15/h7-8H,1-6,17-20H2,(H,23,24)(H,25,26)(H,27,28)(H,29,30);4-5,16H,1-3,9H2,(H,10,11)(H,12,13)(H,14,15)/t7-,8-,15+,16+;4-,5-/m00/s1. The van der Waals surface area contributed by atoms with Crippen LogP contribution in [0.25, 0.3) is 0 Å². The highest BCUT2D eigenvalue weighted by Crippen LogP contribution is 2.30. The molecule has 0 aromatic heterocycles. The van der Waals surface area contributed by atoms with Crippen molar-refractivity contribution < 1.29 is 73.8 Å². The van der Waals surface area contributed by atoms with Crippen LogP contribution in [0.3, 0.4) is 0 Å². The molecule has 17 N–H and O–H groups in total. The maximum Gasteiger partial charge on any atom is 0.332 e. The van der Waals surface area contributed by atoms with Crippen molar-refractivity contribution in [3.63, 3.8) is 0 Å². The quantitative estimate of drug-likeness (QED) is 0.0194. The molecule has 24 heteroatoms. The van der Waals surface area contributed by atoms with Crippen LogP contribution in [0.15, 0.2) is 0 Å². The number of ketones is 2. The normalized spacial score (nSPS) is 15.8. The molecule has 0 unspecified atom stereocenters. The molecule has 0 spiro atoms. The van der Waals surface area contributed by atoms with Crippen molar-refractivity contribution in [2.24, 2.45) is 28.7 Å². The van der Waals surface area contributed by atoms with Crippen molar-refractivity contribution in [2.75, 3.05) is 17.3 Å². The summed E-state index contributed by atoms with van der Waals surface area (Å²) in [7, 11) is 1.35. The van der Waals surface area contributed by atoms with E-state index in [0.717, 1.165) is 0 Å². The van der Waals surface area contributed by atoms with Crippen LogP contribution in [-0.4, -0.2) is 136 Å². The minimum Gasteiger partial charge on any atom is -0.480 e. The number of rotatable bonds is 24. The second kappa shape index (κ2) is 22.2. The summed E-state index contributed by atoms with van der Waals surface area (Å²) >= 11 is 3.76. The van der Waals surface area contributed by atoms with E-state index in [1.165, 1.54) is 0 Å². The highest BCUT2D eigenvalue weighted by Gasteiger charge is 2.44. The summed E-state index contributed by atoms with van der Waals surface area (Å²) < 4.78 is 0. The summed E-state index contributed by atoms with van der Waals surface area (Å²) in [6.45, 7) is 0. The summed E-state index contributed by atoms with van der Waals surface area (Å²) in [4.78, 5) is 101. The van der Waals surface area contributed by atoms with Gasteiger partial charge in [-0.25, -0.2) is 14.4 Å². The van der Waals surface area contributed by atoms with Crippen molar-refractivity contribution in [1.29, 1.82) is 0 Å². The van der Waals surface area contributed by atoms with Gasteiger partial charge in [0.1, 0.15) is 24.2 Å². The fourth-order valence-corrected chi connectivity index (χ4v) is 5.89. The maximum absolute atomic E-state index is 12.2. The molecule has 0 bridgehead atoms. The molecule has 48 heavy (non-hydrogen) atoms. The average Bonchev–Trinajstić information content (AvgIpc) is 3.00. The van der Waals surface area contributed by atoms with E-state index in [1.807, 2.05) is 0 Å². The molecule has 0 saturated heterocycles. The second-order valence-electron chi connectivity index (χ2n) is 10.0. The number of hydrogen-bond acceptors (Lipinski definition) is 17. The Bertz CT molecular complexity index is 1150. The van der Waals surface area contributed by atoms with Crippen LogP contribution in [0.4, 0.5) is 0 Å². The molecule has 21 nitrogen and oxygen atoms in total. The number of carboxylic acid groups (broad SMARTS) is 6. The summed E-state index contributed by atoms with van der Waals surface area (Å²) in [6, 6.07) is -4.96. The molecular formula is C24H40N6O15S3. The van der Waals surface area contributed by atoms with Crippen LogP contribution in [0.1, 0.15) is 38.5 Å². The lowest BCUT2D eigenvalue weighted by Gasteiger charge is -2.25. The van der Waals surface area contributed by atoms with E-state index >= 15 is 0 Å². The number of amides is 1. The number of Topliss-reactive ketones (excluding diaryl/α,β-unsaturated/α-hetero) is 2. The highest BCUT2D eigenvalue weighted by atomic mass is 33.1. The topological polar surface area (TPSA) is 417 Å². The smallest absolute Gasteiger partial charge is 0.332 e. The van der Waals surface area contributed by atoms with Gasteiger partial charge in [0.15, 0.2) is 22.6 Å². The Morgan fingerprint density at radius 3 is 1.15 bits per heavy atom. The predicted molar refractivity (Wildman–Crippen MR) is 172 cm³/mol. The van der Waals surface area contributed by atoms with Crippen molar-refractivity contribution in [3.8, 4) is 0 Å². The number of thiol groups is 1. The Morgan fingerprint density at radius 1 is 0.583 bits per heavy atom. The van der Waals surface area contributed by atoms with E-state index in [4.69, 9.17) is 49.1 Å². The lowest BCUT2D eigenvalue weighted by molar-refractivity contribution is -0.149. The first-order chi connectivity index (χ1) is 22.0. The summed E-state index contributed by atoms with van der Waals surface area (Å²) in [6.07, 6.45) is -1.88. The van der Waals surface area contributed by atoms with Gasteiger partial charge in [-0.3, -0.25) is 28.8 Å². The monoisotopic (exact) mass is 748 g/mol. The third kappa shape index (κ3) is 16.5. The van der Waals surface area contributed by atoms with Crippen LogP contribution >= 0.6 is 34.2 Å². The highest BCUT2D eigenvalue weighted by molar-refractivity contribution is 8.76. The Hall–Kier alpha value is -3.52. The van der Waals surface area contributed by atoms with E-state index in [0.29, 0.717) is 21.6 Å². The van der Waals surface area contributed by atoms with E-state index in [1.54, 1.807) is 0 Å². The molecule has 0 aliphatic carbocycles. The van der Waals surface area contributed by atoms with Gasteiger partial charge in [-0.05, 0) is 19.3 Å². The number of carboxylic acids is 6. The molecule has 0 heterocycles. The molecular weight excluding hydrogens is 708 g/mol. The zero-order valence-corrected chi connectivity index (χ0v) is 27.7. The fraction of sp³-hybridized carbons (Fsp3) is 0.625. The number of nitrogens with one attached hydrogen (secondary N) is 1. The van der Waals surface area contributed by atoms with Gasteiger partial charge in [-0.1, -0.05) is 21.6 Å². The lowest BCUT2D eigenvalue weighted by atomic mass is 9.93. The van der Waals surface area contributed by atoms with E-state index in [-0.39, 0.29) is 31.4 Å². The molecule has 0 aromatic carbocycles. The van der Waals surface area contributed by atoms with Crippen LogP contribution < -0.4 is 34.0 Å². The van der Waals surface area contributed by atoms with Gasteiger partial charge in [0.2, 0.25) is 5.91 Å². The van der Waals surface area contributed by atoms with Gasteiger partial charge >= 0.3 is 35.8 Å². The zero-order valence-electron chi connectivity index (χ0n) is 25.2. The van der Waals surface area contributed by atoms with E-state index < -0.39 is 113 Å². The van der Waals surface area contributed by atoms with Crippen LogP contribution in [0, 0.1) is 0 Å². The van der Waals surface area contributed by atoms with Gasteiger partial charge < -0.3 is 64.6 Å². The zero-order chi connectivity index (χ0) is 38.0. The Balaban J connectivity index is 0. The van der Waals surface area contributed by atoms with Crippen molar-refractivity contribution in [1.82, 2.24) is 5.32 Å². The number of aliphatic carboxylic acids is 6. The number of hydrogen-bond donors (Lipinski definition) is 13. The van der Waals surface area contributed by atoms with Gasteiger partial charge in [-0.2, -0.15) is 12.6 Å². The minimum absolute atomic E-state index is 0.0357. The molecule has 0 radical (unpaired) electrons. The van der Waals surface area contributed by atoms with Gasteiger partial charge in [0.05, 0.1) is 0 Å². The molecule has 1 amide bonds. The molecule has 0 aliphatic rings. The maximum atomic E-state index is 12.2. The molecule has 0 rings (SSSR count). The first-order valence-corrected chi connectivity index (χ1v) is 16.5. The second-order valence-corrected chi connectivity index (χ2v) is 12.8. The van der Waals surface area contributed by atoms with Crippen LogP contribution in [0.5, 0.6) is 0 Å². The van der Waals surface area contributed by atoms with Crippen molar-refractivity contribution in [2.45, 2.75) is 73.8 Å². The average molecular weight is 749 g/mol. The summed E-state index contributed by atoms with van der Waals surface area (Å²) in [5.74, 6) is -12.1. The Morgan fingerprint density at radius 2 is 0.896 bits per heavy atom. The Labute approximate surface area is 285 Å². The van der Waals surface area contributed by atoms with Crippen LogP contribution in [-0.2, 0) is 43.2 Å². The molecule has 6 atom stereocenters. The third-order valence-corrected chi connectivity index (χ3v) is 9.11. The minimum atomic E-state index is -2.41. The molecule has 0 aromatic rings. The number of carbonyl (C=O) groups is 9. The van der Waals surface area contributed by atoms with E-state index in [2.05, 4.69) is 17.9 Å². The fourth-order valence-electron chi connectivity index (χ4n) is 2.92. The van der Waals surface area contributed by atoms with Gasteiger partial charge in [0, 0.05) is 36.5 Å². The summed E-state index contributed by atoms with van der Waals surface area (Å²) in [5.41, 5.74) is 22.3. The number of nitrogens with two attached hydrogens (primary N) is 5. The van der Waals surface area contributed by atoms with Crippen molar-refractivity contribution >= 4 is 87.5 Å². The molecule has 0 aliphatic heterocycles. The van der Waals surface area contributed by atoms with Gasteiger partial charge in [0.25, 0.3) is 0 Å². The number of carbonyl (C=O) groups excluding carboxylic acids is 3. The predicted octanol–water partition coefficient (Wildman–Crippen LogP) is -3.87. The van der Waals surface area contributed by atoms with Crippen LogP contribution in [0.2, 0.25) is 0 Å². The largest absolute Gasteiger partial charge is 0.480 e. The molecule has 0 saturated carbocycles. The Kier molecular flexibility index (Phi) is 21.5. The molecule has 274 valence electrons. The van der Waals surface area contributed by atoms with Crippen molar-refractivity contribution in [3.05, 3.63) is 0 Å². The summed E-state index contributed by atoms with van der Waals surface area (Å²) in [5, 5.41) is 55.4. The van der Waals surface area contributed by atoms with Gasteiger partial charge in [-0.15, -0.1) is 0 Å².